The molecule has 1 amide bonds. The first-order valence-corrected chi connectivity index (χ1v) is 7.60. The van der Waals surface area contributed by atoms with Gasteiger partial charge in [0.15, 0.2) is 0 Å². The lowest BCUT2D eigenvalue weighted by Crippen LogP contribution is -2.18. The quantitative estimate of drug-likeness (QED) is 0.801. The fraction of sp³-hybridized carbons (Fsp3) is 0.200. The number of carbonyl (C=O) groups excluding carboxylic acids is 1. The van der Waals surface area contributed by atoms with Gasteiger partial charge in [-0.2, -0.15) is 4.98 Å². The summed E-state index contributed by atoms with van der Waals surface area (Å²) >= 11 is 1.61. The maximum Gasteiger partial charge on any atom is 0.246 e. The topological polar surface area (TPSA) is 80.9 Å². The van der Waals surface area contributed by atoms with E-state index in [2.05, 4.69) is 20.4 Å². The summed E-state index contributed by atoms with van der Waals surface area (Å²) in [6, 6.07) is 7.82. The molecule has 0 atom stereocenters. The van der Waals surface area contributed by atoms with Gasteiger partial charge in [-0.25, -0.2) is 4.98 Å². The molecule has 0 saturated carbocycles. The second-order valence-corrected chi connectivity index (χ2v) is 5.82. The number of nitrogens with zero attached hydrogens (tertiary/aromatic N) is 3. The van der Waals surface area contributed by atoms with Crippen LogP contribution in [0.1, 0.15) is 17.8 Å². The van der Waals surface area contributed by atoms with E-state index in [-0.39, 0.29) is 12.5 Å². The molecule has 2 aromatic heterocycles. The molecule has 0 radical (unpaired) electrons. The number of thiazole rings is 1. The van der Waals surface area contributed by atoms with Crippen molar-refractivity contribution in [2.75, 3.05) is 0 Å². The molecule has 1 aromatic carbocycles. The molecule has 0 aliphatic carbocycles. The van der Waals surface area contributed by atoms with Crippen LogP contribution in [-0.4, -0.2) is 21.0 Å². The molecule has 0 spiro atoms. The second-order valence-electron chi connectivity index (χ2n) is 4.75. The molecule has 0 aliphatic rings. The van der Waals surface area contributed by atoms with Crippen LogP contribution in [0.15, 0.2) is 34.2 Å². The van der Waals surface area contributed by atoms with Crippen molar-refractivity contribution in [2.24, 2.45) is 0 Å². The normalized spacial score (nSPS) is 10.6. The summed E-state index contributed by atoms with van der Waals surface area (Å²) in [4.78, 5) is 19.6. The molecule has 0 saturated heterocycles. The lowest BCUT2D eigenvalue weighted by atomic mass is 10.1. The van der Waals surface area contributed by atoms with E-state index >= 15 is 0 Å². The number of nitrogens with one attached hydrogen (secondary N) is 1. The van der Waals surface area contributed by atoms with Crippen molar-refractivity contribution in [1.82, 2.24) is 20.4 Å². The van der Waals surface area contributed by atoms with Crippen LogP contribution in [-0.2, 0) is 11.3 Å². The number of hydrogen-bond donors (Lipinski definition) is 1. The van der Waals surface area contributed by atoms with Crippen molar-refractivity contribution in [3.63, 3.8) is 0 Å². The SMILES string of the molecule is CC(=O)NCc1nc(-c2cccc(-c3csc(C)n3)c2)no1. The Balaban J connectivity index is 1.84. The van der Waals surface area contributed by atoms with Crippen LogP contribution in [0.4, 0.5) is 0 Å². The standard InChI is InChI=1S/C15H14N4O2S/c1-9(20)16-7-14-18-15(19-21-14)12-5-3-4-11(6-12)13-8-22-10(2)17-13/h3-6,8H,7H2,1-2H3,(H,16,20). The minimum Gasteiger partial charge on any atom is -0.347 e. The first-order valence-electron chi connectivity index (χ1n) is 6.72. The first-order chi connectivity index (χ1) is 10.6. The molecule has 0 fully saturated rings. The highest BCUT2D eigenvalue weighted by Crippen LogP contribution is 2.25. The van der Waals surface area contributed by atoms with E-state index in [1.165, 1.54) is 6.92 Å². The van der Waals surface area contributed by atoms with Gasteiger partial charge in [-0.15, -0.1) is 11.3 Å². The van der Waals surface area contributed by atoms with Gasteiger partial charge in [-0.3, -0.25) is 4.79 Å². The van der Waals surface area contributed by atoms with Crippen LogP contribution in [0.25, 0.3) is 22.6 Å². The third-order valence-corrected chi connectivity index (χ3v) is 3.77. The largest absolute Gasteiger partial charge is 0.347 e. The smallest absolute Gasteiger partial charge is 0.246 e. The Morgan fingerprint density at radius 1 is 1.32 bits per heavy atom. The summed E-state index contributed by atoms with van der Waals surface area (Å²) in [5.41, 5.74) is 2.79. The first kappa shape index (κ1) is 14.4. The average Bonchev–Trinajstić information content (AvgIpc) is 3.14. The molecule has 3 aromatic rings. The van der Waals surface area contributed by atoms with Gasteiger partial charge >= 0.3 is 0 Å². The summed E-state index contributed by atoms with van der Waals surface area (Å²) in [5, 5.41) is 9.62. The zero-order valence-electron chi connectivity index (χ0n) is 12.2. The Morgan fingerprint density at radius 2 is 2.14 bits per heavy atom. The van der Waals surface area contributed by atoms with Crippen molar-refractivity contribution in [3.05, 3.63) is 40.5 Å². The van der Waals surface area contributed by atoms with Crippen LogP contribution >= 0.6 is 11.3 Å². The van der Waals surface area contributed by atoms with E-state index in [1.807, 2.05) is 36.6 Å². The highest BCUT2D eigenvalue weighted by atomic mass is 32.1. The van der Waals surface area contributed by atoms with E-state index in [4.69, 9.17) is 4.52 Å². The molecular weight excluding hydrogens is 300 g/mol. The molecule has 6 nitrogen and oxygen atoms in total. The van der Waals surface area contributed by atoms with Crippen molar-refractivity contribution in [3.8, 4) is 22.6 Å². The molecule has 1 N–H and O–H groups in total. The highest BCUT2D eigenvalue weighted by molar-refractivity contribution is 7.09. The van der Waals surface area contributed by atoms with Gasteiger partial charge in [0.1, 0.15) is 0 Å². The van der Waals surface area contributed by atoms with Gasteiger partial charge in [0.2, 0.25) is 17.6 Å². The molecular formula is C15H14N4O2S. The van der Waals surface area contributed by atoms with Crippen molar-refractivity contribution in [1.29, 1.82) is 0 Å². The number of amides is 1. The van der Waals surface area contributed by atoms with Gasteiger partial charge in [0.25, 0.3) is 0 Å². The molecule has 112 valence electrons. The van der Waals surface area contributed by atoms with Gasteiger partial charge in [0, 0.05) is 23.4 Å². The molecule has 0 aliphatic heterocycles. The third-order valence-electron chi connectivity index (χ3n) is 2.99. The Labute approximate surface area is 131 Å². The number of rotatable bonds is 4. The summed E-state index contributed by atoms with van der Waals surface area (Å²) in [5.74, 6) is 0.731. The molecule has 7 heteroatoms. The molecule has 3 rings (SSSR count). The third kappa shape index (κ3) is 3.20. The summed E-state index contributed by atoms with van der Waals surface area (Å²) in [6.45, 7) is 3.65. The van der Waals surface area contributed by atoms with Gasteiger partial charge < -0.3 is 9.84 Å². The predicted octanol–water partition coefficient (Wildman–Crippen LogP) is 2.80. The Bertz CT molecular complexity index is 809. The van der Waals surface area contributed by atoms with Gasteiger partial charge in [-0.1, -0.05) is 23.4 Å². The van der Waals surface area contributed by atoms with Crippen LogP contribution in [0.3, 0.4) is 0 Å². The number of hydrogen-bond acceptors (Lipinski definition) is 6. The zero-order valence-corrected chi connectivity index (χ0v) is 13.0. The van der Waals surface area contributed by atoms with E-state index in [0.717, 1.165) is 21.8 Å². The minimum absolute atomic E-state index is 0.138. The lowest BCUT2D eigenvalue weighted by Gasteiger charge is -1.99. The average molecular weight is 314 g/mol. The number of benzene rings is 1. The molecule has 22 heavy (non-hydrogen) atoms. The summed E-state index contributed by atoms with van der Waals surface area (Å²) < 4.78 is 5.13. The maximum atomic E-state index is 10.9. The van der Waals surface area contributed by atoms with E-state index in [9.17, 15) is 4.79 Å². The van der Waals surface area contributed by atoms with E-state index < -0.39 is 0 Å². The fourth-order valence-electron chi connectivity index (χ4n) is 1.96. The molecule has 2 heterocycles. The van der Waals surface area contributed by atoms with Crippen LogP contribution in [0.2, 0.25) is 0 Å². The van der Waals surface area contributed by atoms with Gasteiger partial charge in [0.05, 0.1) is 17.2 Å². The Kier molecular flexibility index (Phi) is 3.97. The summed E-state index contributed by atoms with van der Waals surface area (Å²) in [7, 11) is 0. The Hall–Kier alpha value is -2.54. The minimum atomic E-state index is -0.138. The van der Waals surface area contributed by atoms with Crippen molar-refractivity contribution < 1.29 is 9.32 Å². The number of aryl methyl sites for hydroxylation is 1. The van der Waals surface area contributed by atoms with Gasteiger partial charge in [-0.05, 0) is 13.0 Å². The number of aromatic nitrogens is 3. The van der Waals surface area contributed by atoms with Crippen molar-refractivity contribution >= 4 is 17.2 Å². The second kappa shape index (κ2) is 6.07. The summed E-state index contributed by atoms with van der Waals surface area (Å²) in [6.07, 6.45) is 0. The Morgan fingerprint density at radius 3 is 2.86 bits per heavy atom. The fourth-order valence-corrected chi connectivity index (χ4v) is 2.58. The lowest BCUT2D eigenvalue weighted by molar-refractivity contribution is -0.119. The molecule has 0 bridgehead atoms. The van der Waals surface area contributed by atoms with Crippen molar-refractivity contribution in [2.45, 2.75) is 20.4 Å². The van der Waals surface area contributed by atoms with Crippen LogP contribution in [0, 0.1) is 6.92 Å². The number of carbonyl (C=O) groups is 1. The van der Waals surface area contributed by atoms with E-state index in [1.54, 1.807) is 11.3 Å². The van der Waals surface area contributed by atoms with E-state index in [0.29, 0.717) is 11.7 Å². The zero-order chi connectivity index (χ0) is 15.5. The monoisotopic (exact) mass is 314 g/mol. The maximum absolute atomic E-state index is 10.9. The highest BCUT2D eigenvalue weighted by Gasteiger charge is 2.10. The predicted molar refractivity (Wildman–Crippen MR) is 83.1 cm³/mol. The van der Waals surface area contributed by atoms with Crippen LogP contribution in [0.5, 0.6) is 0 Å². The molecule has 0 unspecified atom stereocenters. The van der Waals surface area contributed by atoms with Crippen LogP contribution < -0.4 is 5.32 Å².